The number of benzene rings is 2. The van der Waals surface area contributed by atoms with E-state index in [1.807, 2.05) is 30.3 Å². The van der Waals surface area contributed by atoms with E-state index in [1.54, 1.807) is 17.4 Å². The fourth-order valence-corrected chi connectivity index (χ4v) is 5.38. The van der Waals surface area contributed by atoms with Crippen molar-refractivity contribution < 1.29 is 13.2 Å². The van der Waals surface area contributed by atoms with Crippen molar-refractivity contribution in [3.8, 4) is 11.8 Å². The molecule has 2 aromatic heterocycles. The van der Waals surface area contributed by atoms with Gasteiger partial charge in [-0.3, -0.25) is 0 Å². The third-order valence-electron chi connectivity index (χ3n) is 5.26. The van der Waals surface area contributed by atoms with Crippen molar-refractivity contribution in [2.24, 2.45) is 0 Å². The Balaban J connectivity index is 1.30. The summed E-state index contributed by atoms with van der Waals surface area (Å²) >= 11 is 2.83. The van der Waals surface area contributed by atoms with Crippen LogP contribution in [-0.2, 0) is 6.18 Å². The van der Waals surface area contributed by atoms with Crippen molar-refractivity contribution in [2.45, 2.75) is 34.9 Å². The molecule has 0 bridgehead atoms. The van der Waals surface area contributed by atoms with E-state index in [0.29, 0.717) is 10.7 Å². The maximum atomic E-state index is 13.0. The van der Waals surface area contributed by atoms with Crippen LogP contribution >= 0.6 is 23.1 Å². The number of nitrogens with zero attached hydrogens (tertiary/aromatic N) is 2. The molecule has 3 heterocycles. The van der Waals surface area contributed by atoms with Gasteiger partial charge in [0.15, 0.2) is 5.82 Å². The predicted octanol–water partition coefficient (Wildman–Crippen LogP) is 6.71. The Morgan fingerprint density at radius 2 is 1.91 bits per heavy atom. The van der Waals surface area contributed by atoms with E-state index in [1.165, 1.54) is 24.2 Å². The van der Waals surface area contributed by atoms with E-state index in [9.17, 15) is 13.2 Å². The molecule has 1 fully saturated rings. The highest BCUT2D eigenvalue weighted by Crippen LogP contribution is 2.35. The first-order valence-corrected chi connectivity index (χ1v) is 12.3. The van der Waals surface area contributed by atoms with Gasteiger partial charge < -0.3 is 10.6 Å². The average Bonchev–Trinajstić information content (AvgIpc) is 3.49. The maximum absolute atomic E-state index is 13.0. The fraction of sp³-hybridized carbons (Fsp3) is 0.200. The zero-order valence-corrected chi connectivity index (χ0v) is 19.4. The molecule has 2 aromatic carbocycles. The summed E-state index contributed by atoms with van der Waals surface area (Å²) in [5, 5.41) is 6.69. The molecule has 0 aliphatic carbocycles. The van der Waals surface area contributed by atoms with Crippen LogP contribution in [0.3, 0.4) is 0 Å². The molecule has 0 amide bonds. The second-order valence-electron chi connectivity index (χ2n) is 7.74. The van der Waals surface area contributed by atoms with Crippen molar-refractivity contribution in [3.05, 3.63) is 71.4 Å². The smallest absolute Gasteiger partial charge is 0.339 e. The van der Waals surface area contributed by atoms with Gasteiger partial charge in [0.05, 0.1) is 26.7 Å². The fourth-order valence-electron chi connectivity index (χ4n) is 3.59. The summed E-state index contributed by atoms with van der Waals surface area (Å²) in [4.78, 5) is 11.1. The lowest BCUT2D eigenvalue weighted by molar-refractivity contribution is -0.137. The first kappa shape index (κ1) is 22.7. The molecule has 4 aromatic rings. The molecular formula is C25H19F3N4S2. The van der Waals surface area contributed by atoms with Crippen LogP contribution in [0.5, 0.6) is 0 Å². The second kappa shape index (κ2) is 9.66. The highest BCUT2D eigenvalue weighted by molar-refractivity contribution is 7.99. The van der Waals surface area contributed by atoms with Gasteiger partial charge in [0.1, 0.15) is 6.33 Å². The Kier molecular flexibility index (Phi) is 6.46. The van der Waals surface area contributed by atoms with Crippen LogP contribution in [-0.4, -0.2) is 22.6 Å². The zero-order chi connectivity index (χ0) is 23.5. The number of nitrogens with one attached hydrogen (secondary N) is 2. The van der Waals surface area contributed by atoms with Crippen molar-refractivity contribution >= 4 is 44.8 Å². The highest BCUT2D eigenvalue weighted by atomic mass is 32.2. The molecule has 0 spiro atoms. The van der Waals surface area contributed by atoms with Crippen molar-refractivity contribution in [1.82, 2.24) is 15.3 Å². The lowest BCUT2D eigenvalue weighted by Gasteiger charge is -2.09. The van der Waals surface area contributed by atoms with E-state index in [4.69, 9.17) is 0 Å². The number of hydrogen-bond donors (Lipinski definition) is 2. The van der Waals surface area contributed by atoms with Gasteiger partial charge in [-0.25, -0.2) is 9.97 Å². The molecule has 4 nitrogen and oxygen atoms in total. The van der Waals surface area contributed by atoms with E-state index in [-0.39, 0.29) is 6.04 Å². The monoisotopic (exact) mass is 496 g/mol. The summed E-state index contributed by atoms with van der Waals surface area (Å²) in [5.41, 5.74) is 1.01. The highest BCUT2D eigenvalue weighted by Gasteiger charge is 2.30. The molecule has 0 unspecified atom stereocenters. The molecule has 1 aliphatic rings. The third kappa shape index (κ3) is 5.36. The molecule has 9 heteroatoms. The number of hydrogen-bond acceptors (Lipinski definition) is 6. The summed E-state index contributed by atoms with van der Waals surface area (Å²) in [6.07, 6.45) is -0.603. The summed E-state index contributed by atoms with van der Waals surface area (Å²) < 4.78 is 39.8. The van der Waals surface area contributed by atoms with Crippen LogP contribution in [0.15, 0.2) is 70.7 Å². The summed E-state index contributed by atoms with van der Waals surface area (Å²) in [5.74, 6) is 7.22. The van der Waals surface area contributed by atoms with Gasteiger partial charge in [-0.2, -0.15) is 13.2 Å². The summed E-state index contributed by atoms with van der Waals surface area (Å²) in [7, 11) is 0. The zero-order valence-electron chi connectivity index (χ0n) is 17.8. The van der Waals surface area contributed by atoms with E-state index in [0.717, 1.165) is 57.2 Å². The minimum atomic E-state index is -4.35. The van der Waals surface area contributed by atoms with Gasteiger partial charge in [-0.05, 0) is 67.9 Å². The first-order chi connectivity index (χ1) is 16.4. The lowest BCUT2D eigenvalue weighted by atomic mass is 10.2. The SMILES string of the molecule is FC(F)(F)c1cccc(Sc2ccc(Nc3ncnc4cc(C#C[C@@H]5CCCN5)sc34)cc2)c1. The maximum Gasteiger partial charge on any atom is 0.416 e. The van der Waals surface area contributed by atoms with E-state index in [2.05, 4.69) is 32.4 Å². The van der Waals surface area contributed by atoms with Gasteiger partial charge in [-0.1, -0.05) is 29.7 Å². The first-order valence-electron chi connectivity index (χ1n) is 10.7. The largest absolute Gasteiger partial charge is 0.416 e. The van der Waals surface area contributed by atoms with Crippen LogP contribution in [0.1, 0.15) is 23.3 Å². The molecule has 1 atom stereocenters. The number of anilines is 2. The average molecular weight is 497 g/mol. The van der Waals surface area contributed by atoms with Crippen molar-refractivity contribution in [1.29, 1.82) is 0 Å². The summed E-state index contributed by atoms with van der Waals surface area (Å²) in [6, 6.07) is 15.0. The molecule has 5 rings (SSSR count). The van der Waals surface area contributed by atoms with Gasteiger partial charge in [0.25, 0.3) is 0 Å². The predicted molar refractivity (Wildman–Crippen MR) is 131 cm³/mol. The van der Waals surface area contributed by atoms with Crippen LogP contribution in [0.4, 0.5) is 24.7 Å². The Labute approximate surface area is 203 Å². The Bertz CT molecular complexity index is 1360. The van der Waals surface area contributed by atoms with Crippen LogP contribution in [0.25, 0.3) is 10.2 Å². The van der Waals surface area contributed by atoms with Gasteiger partial charge in [0, 0.05) is 15.5 Å². The Morgan fingerprint density at radius 1 is 1.06 bits per heavy atom. The molecular weight excluding hydrogens is 477 g/mol. The van der Waals surface area contributed by atoms with E-state index < -0.39 is 11.7 Å². The van der Waals surface area contributed by atoms with Gasteiger partial charge in [-0.15, -0.1) is 11.3 Å². The molecule has 2 N–H and O–H groups in total. The van der Waals surface area contributed by atoms with Crippen LogP contribution in [0.2, 0.25) is 0 Å². The van der Waals surface area contributed by atoms with Gasteiger partial charge in [0.2, 0.25) is 0 Å². The Hall–Kier alpha value is -3.06. The number of alkyl halides is 3. The van der Waals surface area contributed by atoms with Crippen LogP contribution < -0.4 is 10.6 Å². The second-order valence-corrected chi connectivity index (χ2v) is 9.94. The van der Waals surface area contributed by atoms with Crippen LogP contribution in [0, 0.1) is 11.8 Å². The van der Waals surface area contributed by atoms with E-state index >= 15 is 0 Å². The molecule has 34 heavy (non-hydrogen) atoms. The van der Waals surface area contributed by atoms with Crippen molar-refractivity contribution in [2.75, 3.05) is 11.9 Å². The number of rotatable bonds is 4. The molecule has 1 aliphatic heterocycles. The molecule has 1 saturated heterocycles. The number of aromatic nitrogens is 2. The minimum Gasteiger partial charge on any atom is -0.339 e. The van der Waals surface area contributed by atoms with Gasteiger partial charge >= 0.3 is 6.18 Å². The number of fused-ring (bicyclic) bond motifs is 1. The topological polar surface area (TPSA) is 49.8 Å². The number of thiophene rings is 1. The minimum absolute atomic E-state index is 0.251. The van der Waals surface area contributed by atoms with Crippen molar-refractivity contribution in [3.63, 3.8) is 0 Å². The molecule has 0 saturated carbocycles. The Morgan fingerprint density at radius 3 is 2.68 bits per heavy atom. The summed E-state index contributed by atoms with van der Waals surface area (Å²) in [6.45, 7) is 1.02. The quantitative estimate of drug-likeness (QED) is 0.308. The number of halogens is 3. The third-order valence-corrected chi connectivity index (χ3v) is 7.30. The molecule has 0 radical (unpaired) electrons. The lowest BCUT2D eigenvalue weighted by Crippen LogP contribution is -2.18. The normalized spacial score (nSPS) is 15.8. The standard InChI is InChI=1S/C25H19F3N4S2/c26-25(27,28)16-3-1-5-20(13-16)33-19-9-7-18(8-10-19)32-24-23-22(30-15-31-24)14-21(34-23)11-6-17-4-2-12-29-17/h1,3,5,7-10,13-15,17,29H,2,4,12H2,(H,30,31,32)/t17-/m0/s1. The molecule has 172 valence electrons.